The maximum atomic E-state index is 8.11. The highest BCUT2D eigenvalue weighted by Crippen LogP contribution is 1.25. The van der Waals surface area contributed by atoms with Crippen LogP contribution in [0, 0.1) is 4.91 Å². The summed E-state index contributed by atoms with van der Waals surface area (Å²) in [6, 6.07) is 0. The summed E-state index contributed by atoms with van der Waals surface area (Å²) >= 11 is 0. The zero-order chi connectivity index (χ0) is 2.71. The standard InChI is InChI=1S/HNO2.H3N/c2-1-3;/h(H,2,3);1H3. The van der Waals surface area contributed by atoms with Crippen molar-refractivity contribution in [2.24, 2.45) is 5.34 Å². The smallest absolute Gasteiger partial charge is 0.152 e. The predicted molar refractivity (Wildman–Crippen MR) is 12.6 cm³/mol. The Kier molecular flexibility index (Phi) is 85.2. The quantitative estimate of drug-likeness (QED) is 0.314. The van der Waals surface area contributed by atoms with E-state index in [1.807, 2.05) is 0 Å². The summed E-state index contributed by atoms with van der Waals surface area (Å²) in [6.07, 6.45) is 0. The van der Waals surface area contributed by atoms with E-state index in [9.17, 15) is 0 Å². The molecule has 4 N–H and O–H groups in total. The SMILES string of the molecule is N.O=NO. The number of nitrogens with zero attached hydrogens (tertiary/aromatic N) is 1. The van der Waals surface area contributed by atoms with Gasteiger partial charge in [-0.3, -0.25) is 0 Å². The molecule has 4 heavy (non-hydrogen) atoms. The van der Waals surface area contributed by atoms with E-state index in [1.165, 1.54) is 5.34 Å². The molecule has 0 heterocycles. The van der Waals surface area contributed by atoms with Gasteiger partial charge in [-0.15, -0.1) is 4.91 Å². The summed E-state index contributed by atoms with van der Waals surface area (Å²) in [7, 11) is 0. The molecule has 0 aliphatic rings. The molecule has 0 atom stereocenters. The molecule has 0 aliphatic carbocycles. The second kappa shape index (κ2) is 33.7. The summed E-state index contributed by atoms with van der Waals surface area (Å²) in [5.41, 5.74) is 0. The van der Waals surface area contributed by atoms with E-state index in [4.69, 9.17) is 10.1 Å². The van der Waals surface area contributed by atoms with E-state index in [0.29, 0.717) is 0 Å². The van der Waals surface area contributed by atoms with Gasteiger partial charge in [0.15, 0.2) is 5.34 Å². The minimum atomic E-state index is 0. The van der Waals surface area contributed by atoms with E-state index in [0.717, 1.165) is 0 Å². The molecule has 4 heteroatoms. The summed E-state index contributed by atoms with van der Waals surface area (Å²) in [4.78, 5) is 8.11. The molecule has 0 bridgehead atoms. The van der Waals surface area contributed by atoms with Gasteiger partial charge in [0.25, 0.3) is 0 Å². The Bertz CT molecular complexity index is 11.5. The molecule has 0 fully saturated rings. The lowest BCUT2D eigenvalue weighted by Crippen LogP contribution is -1.25. The van der Waals surface area contributed by atoms with E-state index in [1.54, 1.807) is 0 Å². The Labute approximate surface area is 23.0 Å². The van der Waals surface area contributed by atoms with Crippen LogP contribution >= 0.6 is 0 Å². The minimum Gasteiger partial charge on any atom is -0.379 e. The molecule has 4 nitrogen and oxygen atoms in total. The number of hydrogen-bond donors (Lipinski definition) is 2. The molecule has 0 aromatic rings. The number of hydrogen-bond acceptors (Lipinski definition) is 3. The summed E-state index contributed by atoms with van der Waals surface area (Å²) in [5, 5.41) is 7.89. The molecule has 0 aliphatic heterocycles. The molecule has 0 rings (SSSR count). The Morgan fingerprint density at radius 2 is 1.75 bits per heavy atom. The van der Waals surface area contributed by atoms with E-state index in [-0.39, 0.29) is 6.15 Å². The van der Waals surface area contributed by atoms with Crippen LogP contribution in [0.3, 0.4) is 0 Å². The summed E-state index contributed by atoms with van der Waals surface area (Å²) in [6.45, 7) is 0. The van der Waals surface area contributed by atoms with Gasteiger partial charge >= 0.3 is 0 Å². The average Bonchev–Trinajstić information content (AvgIpc) is 0.918. The Hall–Kier alpha value is -0.640. The molecule has 0 spiro atoms. The van der Waals surface area contributed by atoms with Crippen LogP contribution in [0.15, 0.2) is 5.34 Å². The van der Waals surface area contributed by atoms with Crippen molar-refractivity contribution in [1.29, 1.82) is 0 Å². The molecule has 0 radical (unpaired) electrons. The molecular formula is H4N2O2. The molecule has 26 valence electrons. The third-order valence-corrected chi connectivity index (χ3v) is 0. The van der Waals surface area contributed by atoms with Crippen LogP contribution in [0.2, 0.25) is 0 Å². The maximum Gasteiger partial charge on any atom is 0.152 e. The monoisotopic (exact) mass is 64.0 g/mol. The van der Waals surface area contributed by atoms with Crippen molar-refractivity contribution in [3.63, 3.8) is 0 Å². The second-order valence-electron chi connectivity index (χ2n) is 0.0816. The topological polar surface area (TPSA) is 84.7 Å². The van der Waals surface area contributed by atoms with Crippen molar-refractivity contribution in [1.82, 2.24) is 6.15 Å². The lowest BCUT2D eigenvalue weighted by Gasteiger charge is -1.32. The highest BCUT2D eigenvalue weighted by molar-refractivity contribution is 3.83. The first kappa shape index (κ1) is 10.1. The van der Waals surface area contributed by atoms with Crippen LogP contribution in [0.25, 0.3) is 0 Å². The van der Waals surface area contributed by atoms with Crippen LogP contribution in [-0.4, -0.2) is 5.21 Å². The fourth-order valence-electron chi connectivity index (χ4n) is 0. The normalized spacial score (nSPS) is 3.00. The Morgan fingerprint density at radius 3 is 1.75 bits per heavy atom. The largest absolute Gasteiger partial charge is 0.379 e. The zero-order valence-electron chi connectivity index (χ0n) is 2.01. The first-order chi connectivity index (χ1) is 1.41. The van der Waals surface area contributed by atoms with Crippen molar-refractivity contribution in [3.8, 4) is 0 Å². The number of rotatable bonds is 0. The van der Waals surface area contributed by atoms with Gasteiger partial charge in [0.05, 0.1) is 0 Å². The minimum absolute atomic E-state index is 0. The van der Waals surface area contributed by atoms with Gasteiger partial charge in [0.2, 0.25) is 0 Å². The molecule has 0 aromatic heterocycles. The fraction of sp³-hybridized carbons (Fsp3) is 0. The summed E-state index contributed by atoms with van der Waals surface area (Å²) in [5.74, 6) is 0. The van der Waals surface area contributed by atoms with Crippen LogP contribution in [-0.2, 0) is 0 Å². The Balaban J connectivity index is 0. The first-order valence-corrected chi connectivity index (χ1v) is 0.383. The summed E-state index contributed by atoms with van der Waals surface area (Å²) < 4.78 is 0. The van der Waals surface area contributed by atoms with Gasteiger partial charge in [0, 0.05) is 0 Å². The van der Waals surface area contributed by atoms with Gasteiger partial charge in [-0.1, -0.05) is 0 Å². The molecule has 0 amide bonds. The molecule has 0 saturated heterocycles. The second-order valence-corrected chi connectivity index (χ2v) is 0.0816. The molecule has 0 aromatic carbocycles. The Morgan fingerprint density at radius 1 is 1.75 bits per heavy atom. The highest BCUT2D eigenvalue weighted by Gasteiger charge is 1.18. The first-order valence-electron chi connectivity index (χ1n) is 0.383. The van der Waals surface area contributed by atoms with Crippen LogP contribution in [0.4, 0.5) is 0 Å². The molecule has 0 saturated carbocycles. The van der Waals surface area contributed by atoms with Gasteiger partial charge < -0.3 is 11.4 Å². The van der Waals surface area contributed by atoms with Crippen molar-refractivity contribution < 1.29 is 5.21 Å². The predicted octanol–water partition coefficient (Wildman–Crippen LogP) is 0.304. The van der Waals surface area contributed by atoms with Crippen LogP contribution < -0.4 is 6.15 Å². The van der Waals surface area contributed by atoms with Crippen LogP contribution in [0.5, 0.6) is 0 Å². The maximum absolute atomic E-state index is 8.11. The van der Waals surface area contributed by atoms with Crippen molar-refractivity contribution in [2.75, 3.05) is 0 Å². The zero-order valence-corrected chi connectivity index (χ0v) is 2.01. The van der Waals surface area contributed by atoms with Gasteiger partial charge in [0.1, 0.15) is 0 Å². The van der Waals surface area contributed by atoms with E-state index < -0.39 is 0 Å². The molecular weight excluding hydrogens is 60.0 g/mol. The fourth-order valence-corrected chi connectivity index (χ4v) is 0. The van der Waals surface area contributed by atoms with Gasteiger partial charge in [-0.25, -0.2) is 0 Å². The van der Waals surface area contributed by atoms with Crippen molar-refractivity contribution >= 4 is 0 Å². The third kappa shape index (κ3) is 0.430. The van der Waals surface area contributed by atoms with E-state index >= 15 is 0 Å². The van der Waals surface area contributed by atoms with Gasteiger partial charge in [-0.2, -0.15) is 0 Å². The van der Waals surface area contributed by atoms with Crippen molar-refractivity contribution in [2.45, 2.75) is 0 Å². The average molecular weight is 64.0 g/mol. The van der Waals surface area contributed by atoms with Gasteiger partial charge in [-0.05, 0) is 0 Å². The molecule has 0 unspecified atom stereocenters. The third-order valence-electron chi connectivity index (χ3n) is 0. The van der Waals surface area contributed by atoms with Crippen molar-refractivity contribution in [3.05, 3.63) is 4.91 Å². The highest BCUT2D eigenvalue weighted by atomic mass is 16.6. The van der Waals surface area contributed by atoms with E-state index in [2.05, 4.69) is 0 Å². The van der Waals surface area contributed by atoms with Crippen LogP contribution in [0.1, 0.15) is 0 Å². The lowest BCUT2D eigenvalue weighted by atomic mass is 13.4. The lowest BCUT2D eigenvalue weighted by molar-refractivity contribution is 0.312.